The van der Waals surface area contributed by atoms with E-state index < -0.39 is 23.7 Å². The number of halogens is 1. The molecule has 0 aliphatic heterocycles. The third-order valence-corrected chi connectivity index (χ3v) is 4.45. The van der Waals surface area contributed by atoms with E-state index in [1.807, 2.05) is 0 Å². The van der Waals surface area contributed by atoms with Gasteiger partial charge in [0.2, 0.25) is 0 Å². The normalized spacial score (nSPS) is 14.4. The van der Waals surface area contributed by atoms with Crippen LogP contribution in [0.1, 0.15) is 42.0 Å². The summed E-state index contributed by atoms with van der Waals surface area (Å²) in [7, 11) is 0. The van der Waals surface area contributed by atoms with Crippen LogP contribution in [0.15, 0.2) is 24.3 Å². The number of aliphatic carboxylic acids is 1. The number of hydrogen-bond donors (Lipinski definition) is 2. The monoisotopic (exact) mass is 345 g/mol. The first-order valence-electron chi connectivity index (χ1n) is 8.29. The van der Waals surface area contributed by atoms with Crippen molar-refractivity contribution in [1.82, 2.24) is 15.1 Å². The minimum atomic E-state index is -1.09. The third-order valence-electron chi connectivity index (χ3n) is 4.45. The summed E-state index contributed by atoms with van der Waals surface area (Å²) in [4.78, 5) is 23.9. The highest BCUT2D eigenvalue weighted by molar-refractivity contribution is 5.96. The standard InChI is InChI=1S/C18H20FN3O3/c1-10(2)15(18(24)25)20-17(23)16-11-6-5-9-13(11)22(21-16)14-8-4-3-7-12(14)19/h3-4,7-8,10,15H,5-6,9H2,1-2H3,(H,20,23)(H,24,25)/t15-/m1/s1. The van der Waals surface area contributed by atoms with Crippen LogP contribution in [-0.2, 0) is 17.6 Å². The summed E-state index contributed by atoms with van der Waals surface area (Å²) in [5, 5.41) is 16.1. The van der Waals surface area contributed by atoms with Gasteiger partial charge >= 0.3 is 5.97 Å². The maximum atomic E-state index is 14.1. The molecule has 1 amide bonds. The lowest BCUT2D eigenvalue weighted by molar-refractivity contribution is -0.140. The first kappa shape index (κ1) is 17.1. The van der Waals surface area contributed by atoms with Gasteiger partial charge in [0.05, 0.1) is 0 Å². The molecule has 0 saturated heterocycles. The largest absolute Gasteiger partial charge is 0.480 e. The van der Waals surface area contributed by atoms with Crippen LogP contribution < -0.4 is 5.32 Å². The summed E-state index contributed by atoms with van der Waals surface area (Å²) in [6.07, 6.45) is 2.23. The Morgan fingerprint density at radius 3 is 2.64 bits per heavy atom. The zero-order valence-electron chi connectivity index (χ0n) is 14.1. The quantitative estimate of drug-likeness (QED) is 0.871. The predicted molar refractivity (Wildman–Crippen MR) is 89.3 cm³/mol. The number of carbonyl (C=O) groups is 2. The fourth-order valence-corrected chi connectivity index (χ4v) is 3.17. The van der Waals surface area contributed by atoms with Gasteiger partial charge in [-0.1, -0.05) is 26.0 Å². The van der Waals surface area contributed by atoms with Crippen molar-refractivity contribution in [3.8, 4) is 5.69 Å². The summed E-state index contributed by atoms with van der Waals surface area (Å²) in [5.74, 6) is -2.30. The molecule has 2 N–H and O–H groups in total. The van der Waals surface area contributed by atoms with E-state index in [-0.39, 0.29) is 11.6 Å². The lowest BCUT2D eigenvalue weighted by Crippen LogP contribution is -2.44. The van der Waals surface area contributed by atoms with E-state index in [4.69, 9.17) is 0 Å². The third kappa shape index (κ3) is 3.14. The molecule has 0 fully saturated rings. The zero-order valence-corrected chi connectivity index (χ0v) is 14.1. The molecule has 3 rings (SSSR count). The van der Waals surface area contributed by atoms with E-state index >= 15 is 0 Å². The molecule has 6 nitrogen and oxygen atoms in total. The van der Waals surface area contributed by atoms with Crippen LogP contribution >= 0.6 is 0 Å². The average Bonchev–Trinajstić information content (AvgIpc) is 3.14. The summed E-state index contributed by atoms with van der Waals surface area (Å²) in [5.41, 5.74) is 2.06. The molecule has 0 saturated carbocycles. The van der Waals surface area contributed by atoms with Crippen molar-refractivity contribution >= 4 is 11.9 Å². The van der Waals surface area contributed by atoms with Crippen molar-refractivity contribution < 1.29 is 19.1 Å². The molecule has 25 heavy (non-hydrogen) atoms. The fraction of sp³-hybridized carbons (Fsp3) is 0.389. The number of rotatable bonds is 5. The molecule has 1 heterocycles. The van der Waals surface area contributed by atoms with Gasteiger partial charge in [-0.2, -0.15) is 5.10 Å². The summed E-state index contributed by atoms with van der Waals surface area (Å²) < 4.78 is 15.6. The molecule has 1 aliphatic carbocycles. The predicted octanol–water partition coefficient (Wildman–Crippen LogP) is 2.34. The zero-order chi connectivity index (χ0) is 18.1. The summed E-state index contributed by atoms with van der Waals surface area (Å²) in [6.45, 7) is 3.45. The van der Waals surface area contributed by atoms with Crippen molar-refractivity contribution in [2.24, 2.45) is 5.92 Å². The first-order valence-corrected chi connectivity index (χ1v) is 8.29. The van der Waals surface area contributed by atoms with E-state index in [0.717, 1.165) is 17.7 Å². The summed E-state index contributed by atoms with van der Waals surface area (Å²) in [6, 6.07) is 5.26. The van der Waals surface area contributed by atoms with Crippen molar-refractivity contribution in [2.45, 2.75) is 39.2 Å². The number of hydrogen-bond acceptors (Lipinski definition) is 3. The van der Waals surface area contributed by atoms with Gasteiger partial charge in [-0.3, -0.25) is 4.79 Å². The molecule has 0 unspecified atom stereocenters. The second kappa shape index (κ2) is 6.66. The van der Waals surface area contributed by atoms with Crippen molar-refractivity contribution in [3.05, 3.63) is 47.0 Å². The van der Waals surface area contributed by atoms with Gasteiger partial charge in [-0.05, 0) is 37.3 Å². The second-order valence-electron chi connectivity index (χ2n) is 6.52. The molecule has 1 aliphatic rings. The lowest BCUT2D eigenvalue weighted by atomic mass is 10.0. The number of amides is 1. The molecule has 7 heteroatoms. The van der Waals surface area contributed by atoms with E-state index in [1.54, 1.807) is 32.0 Å². The Bertz CT molecular complexity index is 829. The van der Waals surface area contributed by atoms with Crippen molar-refractivity contribution in [3.63, 3.8) is 0 Å². The SMILES string of the molecule is CC(C)[C@@H](NC(=O)c1nn(-c2ccccc2F)c2c1CCC2)C(=O)O. The minimum Gasteiger partial charge on any atom is -0.480 e. The van der Waals surface area contributed by atoms with Gasteiger partial charge in [0.25, 0.3) is 5.91 Å². The van der Waals surface area contributed by atoms with Gasteiger partial charge in [0.1, 0.15) is 17.5 Å². The Balaban J connectivity index is 1.99. The minimum absolute atomic E-state index is 0.183. The Kier molecular flexibility index (Phi) is 4.57. The number of carboxylic acid groups (broad SMARTS) is 1. The van der Waals surface area contributed by atoms with Gasteiger partial charge in [0, 0.05) is 11.3 Å². The number of carboxylic acids is 1. The van der Waals surface area contributed by atoms with E-state index in [0.29, 0.717) is 18.5 Å². The molecule has 0 radical (unpaired) electrons. The smallest absolute Gasteiger partial charge is 0.326 e. The van der Waals surface area contributed by atoms with Crippen LogP contribution in [0.25, 0.3) is 5.69 Å². The van der Waals surface area contributed by atoms with Gasteiger partial charge < -0.3 is 10.4 Å². The number of aromatic nitrogens is 2. The topological polar surface area (TPSA) is 84.2 Å². The first-order chi connectivity index (χ1) is 11.9. The van der Waals surface area contributed by atoms with Crippen LogP contribution in [0.2, 0.25) is 0 Å². The van der Waals surface area contributed by atoms with Crippen molar-refractivity contribution in [2.75, 3.05) is 0 Å². The highest BCUT2D eigenvalue weighted by Gasteiger charge is 2.31. The molecule has 1 aromatic carbocycles. The number of nitrogens with zero attached hydrogens (tertiary/aromatic N) is 2. The summed E-state index contributed by atoms with van der Waals surface area (Å²) >= 11 is 0. The average molecular weight is 345 g/mol. The van der Waals surface area contributed by atoms with Gasteiger partial charge in [-0.25, -0.2) is 13.9 Å². The van der Waals surface area contributed by atoms with Gasteiger partial charge in [-0.15, -0.1) is 0 Å². The molecule has 2 aromatic rings. The van der Waals surface area contributed by atoms with Crippen LogP contribution in [-0.4, -0.2) is 32.8 Å². The highest BCUT2D eigenvalue weighted by Crippen LogP contribution is 2.28. The number of fused-ring (bicyclic) bond motifs is 1. The number of benzene rings is 1. The molecular weight excluding hydrogens is 325 g/mol. The molecule has 132 valence electrons. The number of carbonyl (C=O) groups excluding carboxylic acids is 1. The molecule has 0 bridgehead atoms. The Morgan fingerprint density at radius 2 is 2.00 bits per heavy atom. The maximum absolute atomic E-state index is 14.1. The number of para-hydroxylation sites is 1. The van der Waals surface area contributed by atoms with Crippen LogP contribution in [0.3, 0.4) is 0 Å². The van der Waals surface area contributed by atoms with E-state index in [2.05, 4.69) is 10.4 Å². The fourth-order valence-electron chi connectivity index (χ4n) is 3.17. The van der Waals surface area contributed by atoms with E-state index in [9.17, 15) is 19.1 Å². The van der Waals surface area contributed by atoms with Crippen LogP contribution in [0, 0.1) is 11.7 Å². The molecule has 0 spiro atoms. The Hall–Kier alpha value is -2.70. The molecule has 1 aromatic heterocycles. The van der Waals surface area contributed by atoms with E-state index in [1.165, 1.54) is 10.7 Å². The Labute approximate surface area is 144 Å². The lowest BCUT2D eigenvalue weighted by Gasteiger charge is -2.17. The van der Waals surface area contributed by atoms with Crippen LogP contribution in [0.4, 0.5) is 4.39 Å². The van der Waals surface area contributed by atoms with Crippen LogP contribution in [0.5, 0.6) is 0 Å². The molecule has 1 atom stereocenters. The second-order valence-corrected chi connectivity index (χ2v) is 6.52. The van der Waals surface area contributed by atoms with Crippen molar-refractivity contribution in [1.29, 1.82) is 0 Å². The Morgan fingerprint density at radius 1 is 1.28 bits per heavy atom. The molecular formula is C18H20FN3O3. The number of nitrogens with one attached hydrogen (secondary N) is 1. The highest BCUT2D eigenvalue weighted by atomic mass is 19.1. The van der Waals surface area contributed by atoms with Gasteiger partial charge in [0.15, 0.2) is 5.69 Å². The maximum Gasteiger partial charge on any atom is 0.326 e.